The second-order valence-electron chi connectivity index (χ2n) is 6.50. The maximum absolute atomic E-state index is 12.9. The second kappa shape index (κ2) is 10.1. The summed E-state index contributed by atoms with van der Waals surface area (Å²) in [5.74, 6) is 0.793. The van der Waals surface area contributed by atoms with Crippen molar-refractivity contribution in [1.29, 1.82) is 0 Å². The number of benzene rings is 3. The van der Waals surface area contributed by atoms with E-state index >= 15 is 0 Å². The molecular weight excluding hydrogens is 346 g/mol. The van der Waals surface area contributed by atoms with E-state index in [1.165, 1.54) is 0 Å². The third-order valence-corrected chi connectivity index (χ3v) is 4.29. The first kappa shape index (κ1) is 19.4. The number of nitrogens with zero attached hydrogens (tertiary/aromatic N) is 1. The van der Waals surface area contributed by atoms with Crippen LogP contribution in [-0.4, -0.2) is 12.5 Å². The lowest BCUT2D eigenvalue weighted by molar-refractivity contribution is -0.114. The molecule has 0 aliphatic heterocycles. The van der Waals surface area contributed by atoms with Crippen molar-refractivity contribution in [2.45, 2.75) is 19.9 Å². The van der Waals surface area contributed by atoms with Gasteiger partial charge >= 0.3 is 0 Å². The lowest BCUT2D eigenvalue weighted by atomic mass is 10.1. The summed E-state index contributed by atoms with van der Waals surface area (Å²) in [6.45, 7) is 3.31. The molecule has 0 saturated carbocycles. The molecule has 3 nitrogen and oxygen atoms in total. The largest absolute Gasteiger partial charge is 0.494 e. The van der Waals surface area contributed by atoms with Crippen LogP contribution in [0.25, 0.3) is 6.08 Å². The van der Waals surface area contributed by atoms with E-state index in [2.05, 4.69) is 6.92 Å². The fourth-order valence-electron chi connectivity index (χ4n) is 2.82. The lowest BCUT2D eigenvalue weighted by Crippen LogP contribution is -2.28. The van der Waals surface area contributed by atoms with Gasteiger partial charge < -0.3 is 9.64 Å². The Kier molecular flexibility index (Phi) is 7.02. The van der Waals surface area contributed by atoms with Crippen molar-refractivity contribution in [3.63, 3.8) is 0 Å². The minimum atomic E-state index is -0.0543. The van der Waals surface area contributed by atoms with Gasteiger partial charge in [-0.05, 0) is 47.9 Å². The molecule has 0 N–H and O–H groups in total. The van der Waals surface area contributed by atoms with Crippen LogP contribution < -0.4 is 9.64 Å². The summed E-state index contributed by atoms with van der Waals surface area (Å²) in [6.07, 6.45) is 4.44. The van der Waals surface area contributed by atoms with Crippen LogP contribution in [0.4, 0.5) is 5.69 Å². The molecule has 1 amide bonds. The normalized spacial score (nSPS) is 10.8. The average Bonchev–Trinajstić information content (AvgIpc) is 2.76. The molecule has 0 spiro atoms. The van der Waals surface area contributed by atoms with Crippen molar-refractivity contribution < 1.29 is 9.53 Å². The molecule has 0 saturated heterocycles. The zero-order chi connectivity index (χ0) is 19.6. The Labute approximate surface area is 166 Å². The van der Waals surface area contributed by atoms with Gasteiger partial charge in [0.15, 0.2) is 0 Å². The van der Waals surface area contributed by atoms with E-state index in [0.29, 0.717) is 13.2 Å². The molecule has 0 fully saturated rings. The van der Waals surface area contributed by atoms with Crippen LogP contribution in [0.15, 0.2) is 91.0 Å². The van der Waals surface area contributed by atoms with Gasteiger partial charge in [-0.15, -0.1) is 0 Å². The van der Waals surface area contributed by atoms with Crippen molar-refractivity contribution in [3.8, 4) is 5.75 Å². The molecule has 0 aliphatic carbocycles. The van der Waals surface area contributed by atoms with E-state index in [0.717, 1.165) is 29.0 Å². The Hall–Kier alpha value is -3.33. The SMILES string of the molecule is CCCOc1ccc(/C=C/C(=O)N(Cc2ccccc2)c2ccccc2)cc1. The lowest BCUT2D eigenvalue weighted by Gasteiger charge is -2.21. The summed E-state index contributed by atoms with van der Waals surface area (Å²) in [6, 6.07) is 27.5. The first-order valence-electron chi connectivity index (χ1n) is 9.57. The maximum Gasteiger partial charge on any atom is 0.251 e. The maximum atomic E-state index is 12.9. The molecule has 28 heavy (non-hydrogen) atoms. The summed E-state index contributed by atoms with van der Waals surface area (Å²) in [5.41, 5.74) is 2.93. The van der Waals surface area contributed by atoms with Crippen LogP contribution in [-0.2, 0) is 11.3 Å². The van der Waals surface area contributed by atoms with Gasteiger partial charge in [-0.3, -0.25) is 4.79 Å². The van der Waals surface area contributed by atoms with Gasteiger partial charge in [0.1, 0.15) is 5.75 Å². The van der Waals surface area contributed by atoms with Crippen LogP contribution >= 0.6 is 0 Å². The van der Waals surface area contributed by atoms with Crippen LogP contribution in [0.5, 0.6) is 5.75 Å². The van der Waals surface area contributed by atoms with E-state index in [4.69, 9.17) is 4.74 Å². The van der Waals surface area contributed by atoms with Crippen LogP contribution in [0.1, 0.15) is 24.5 Å². The summed E-state index contributed by atoms with van der Waals surface area (Å²) < 4.78 is 5.60. The van der Waals surface area contributed by atoms with Gasteiger partial charge in [-0.1, -0.05) is 67.6 Å². The minimum Gasteiger partial charge on any atom is -0.494 e. The van der Waals surface area contributed by atoms with Gasteiger partial charge in [0, 0.05) is 11.8 Å². The second-order valence-corrected chi connectivity index (χ2v) is 6.50. The molecule has 3 rings (SSSR count). The quantitative estimate of drug-likeness (QED) is 0.474. The number of carbonyl (C=O) groups is 1. The van der Waals surface area contributed by atoms with Gasteiger partial charge in [-0.2, -0.15) is 0 Å². The van der Waals surface area contributed by atoms with E-state index in [1.54, 1.807) is 11.0 Å². The summed E-state index contributed by atoms with van der Waals surface area (Å²) in [7, 11) is 0. The molecule has 0 aromatic heterocycles. The molecule has 0 unspecified atom stereocenters. The highest BCUT2D eigenvalue weighted by atomic mass is 16.5. The number of rotatable bonds is 8. The number of carbonyl (C=O) groups excluding carboxylic acids is 1. The fourth-order valence-corrected chi connectivity index (χ4v) is 2.82. The van der Waals surface area contributed by atoms with E-state index in [-0.39, 0.29) is 5.91 Å². The van der Waals surface area contributed by atoms with Gasteiger partial charge in [-0.25, -0.2) is 0 Å². The van der Waals surface area contributed by atoms with E-state index in [1.807, 2.05) is 91.0 Å². The zero-order valence-corrected chi connectivity index (χ0v) is 16.1. The monoisotopic (exact) mass is 371 g/mol. The van der Waals surface area contributed by atoms with Crippen LogP contribution in [0.3, 0.4) is 0 Å². The topological polar surface area (TPSA) is 29.5 Å². The Bertz CT molecular complexity index is 887. The van der Waals surface area contributed by atoms with E-state index in [9.17, 15) is 4.79 Å². The Morgan fingerprint density at radius 3 is 2.18 bits per heavy atom. The molecule has 3 heteroatoms. The number of hydrogen-bond acceptors (Lipinski definition) is 2. The van der Waals surface area contributed by atoms with Crippen molar-refractivity contribution in [2.75, 3.05) is 11.5 Å². The fraction of sp³-hybridized carbons (Fsp3) is 0.160. The minimum absolute atomic E-state index is 0.0543. The predicted molar refractivity (Wildman–Crippen MR) is 115 cm³/mol. The standard InChI is InChI=1S/C25H25NO2/c1-2-19-28-24-16-13-21(14-17-24)15-18-25(27)26(23-11-7-4-8-12-23)20-22-9-5-3-6-10-22/h3-18H,2,19-20H2,1H3/b18-15+. The number of ether oxygens (including phenoxy) is 1. The van der Waals surface area contributed by atoms with Crippen LogP contribution in [0, 0.1) is 0 Å². The summed E-state index contributed by atoms with van der Waals surface area (Å²) >= 11 is 0. The highest BCUT2D eigenvalue weighted by Gasteiger charge is 2.13. The van der Waals surface area contributed by atoms with Crippen molar-refractivity contribution in [2.24, 2.45) is 0 Å². The predicted octanol–water partition coefficient (Wildman–Crippen LogP) is 5.72. The summed E-state index contributed by atoms with van der Waals surface area (Å²) in [5, 5.41) is 0. The average molecular weight is 371 g/mol. The van der Waals surface area contributed by atoms with Gasteiger partial charge in [0.25, 0.3) is 5.91 Å². The third kappa shape index (κ3) is 5.58. The molecule has 0 atom stereocenters. The number of hydrogen-bond donors (Lipinski definition) is 0. The highest BCUT2D eigenvalue weighted by Crippen LogP contribution is 2.18. The van der Waals surface area contributed by atoms with Crippen molar-refractivity contribution in [1.82, 2.24) is 0 Å². The van der Waals surface area contributed by atoms with Crippen molar-refractivity contribution in [3.05, 3.63) is 102 Å². The molecule has 3 aromatic rings. The van der Waals surface area contributed by atoms with Gasteiger partial charge in [0.05, 0.1) is 13.2 Å². The number of anilines is 1. The smallest absolute Gasteiger partial charge is 0.251 e. The number of amides is 1. The molecule has 0 bridgehead atoms. The molecule has 0 radical (unpaired) electrons. The Morgan fingerprint density at radius 1 is 0.893 bits per heavy atom. The van der Waals surface area contributed by atoms with E-state index < -0.39 is 0 Å². The third-order valence-electron chi connectivity index (χ3n) is 4.29. The molecular formula is C25H25NO2. The molecule has 3 aromatic carbocycles. The zero-order valence-electron chi connectivity index (χ0n) is 16.1. The molecule has 0 aliphatic rings. The summed E-state index contributed by atoms with van der Waals surface area (Å²) in [4.78, 5) is 14.7. The Balaban J connectivity index is 1.74. The van der Waals surface area contributed by atoms with Crippen molar-refractivity contribution >= 4 is 17.7 Å². The van der Waals surface area contributed by atoms with Crippen LogP contribution in [0.2, 0.25) is 0 Å². The Morgan fingerprint density at radius 2 is 1.54 bits per heavy atom. The first-order valence-corrected chi connectivity index (χ1v) is 9.57. The molecule has 142 valence electrons. The number of para-hydroxylation sites is 1. The molecule has 0 heterocycles. The first-order chi connectivity index (χ1) is 13.8. The van der Waals surface area contributed by atoms with Gasteiger partial charge in [0.2, 0.25) is 0 Å². The highest BCUT2D eigenvalue weighted by molar-refractivity contribution is 6.03.